The predicted octanol–water partition coefficient (Wildman–Crippen LogP) is 1.81. The van der Waals surface area contributed by atoms with Gasteiger partial charge in [0, 0.05) is 25.0 Å². The van der Waals surface area contributed by atoms with Gasteiger partial charge in [0.05, 0.1) is 19.2 Å². The molecule has 2 aromatic heterocycles. The Labute approximate surface area is 152 Å². The highest BCUT2D eigenvalue weighted by molar-refractivity contribution is 5.16. The summed E-state index contributed by atoms with van der Waals surface area (Å²) in [6, 6.07) is 14.4. The summed E-state index contributed by atoms with van der Waals surface area (Å²) in [6.07, 6.45) is 5.51. The molecule has 7 nitrogen and oxygen atoms in total. The quantitative estimate of drug-likeness (QED) is 0.730. The van der Waals surface area contributed by atoms with Crippen LogP contribution in [0.5, 0.6) is 0 Å². The lowest BCUT2D eigenvalue weighted by atomic mass is 10.1. The maximum atomic E-state index is 9.82. The molecule has 1 aliphatic heterocycles. The highest BCUT2D eigenvalue weighted by atomic mass is 16.3. The van der Waals surface area contributed by atoms with Crippen LogP contribution in [0.4, 0.5) is 0 Å². The lowest BCUT2D eigenvalue weighted by Crippen LogP contribution is -2.34. The number of benzene rings is 1. The van der Waals surface area contributed by atoms with Crippen LogP contribution in [0.15, 0.2) is 54.9 Å². The minimum atomic E-state index is 0.0890. The summed E-state index contributed by atoms with van der Waals surface area (Å²) < 4.78 is 1.87. The monoisotopic (exact) mass is 350 g/mol. The average Bonchev–Trinajstić information content (AvgIpc) is 3.30. The van der Waals surface area contributed by atoms with Crippen molar-refractivity contribution in [3.63, 3.8) is 0 Å². The standard InChI is InChI=1S/C19H22N6O/c26-14-17-8-9-18(24(17)12-16-7-4-10-20-11-16)19-21-22-23-25(19)13-15-5-2-1-3-6-15/h1-7,10-11,17-18,26H,8-9,12-14H2/t17-,18-/m0/s1. The first kappa shape index (κ1) is 16.8. The number of pyridine rings is 1. The molecule has 3 heterocycles. The van der Waals surface area contributed by atoms with Crippen LogP contribution in [0.1, 0.15) is 35.8 Å². The zero-order valence-corrected chi connectivity index (χ0v) is 14.5. The molecule has 0 unspecified atom stereocenters. The zero-order chi connectivity index (χ0) is 17.8. The van der Waals surface area contributed by atoms with Crippen LogP contribution in [0.25, 0.3) is 0 Å². The number of hydrogen-bond acceptors (Lipinski definition) is 6. The van der Waals surface area contributed by atoms with Crippen molar-refractivity contribution >= 4 is 0 Å². The topological polar surface area (TPSA) is 80.0 Å². The van der Waals surface area contributed by atoms with Gasteiger partial charge in [-0.2, -0.15) is 0 Å². The lowest BCUT2D eigenvalue weighted by Gasteiger charge is -2.28. The van der Waals surface area contributed by atoms with Gasteiger partial charge in [-0.15, -0.1) is 5.10 Å². The van der Waals surface area contributed by atoms with Gasteiger partial charge in [0.1, 0.15) is 0 Å². The van der Waals surface area contributed by atoms with Crippen molar-refractivity contribution in [2.45, 2.75) is 38.0 Å². The molecule has 134 valence electrons. The molecule has 0 bridgehead atoms. The third kappa shape index (κ3) is 3.49. The van der Waals surface area contributed by atoms with Crippen LogP contribution in [0.2, 0.25) is 0 Å². The molecule has 1 fully saturated rings. The van der Waals surface area contributed by atoms with Gasteiger partial charge in [-0.25, -0.2) is 4.68 Å². The fourth-order valence-corrected chi connectivity index (χ4v) is 3.67. The fourth-order valence-electron chi connectivity index (χ4n) is 3.67. The molecule has 1 aromatic carbocycles. The summed E-state index contributed by atoms with van der Waals surface area (Å²) in [7, 11) is 0. The summed E-state index contributed by atoms with van der Waals surface area (Å²) in [5, 5.41) is 22.3. The van der Waals surface area contributed by atoms with Crippen molar-refractivity contribution in [1.82, 2.24) is 30.1 Å². The van der Waals surface area contributed by atoms with Crippen molar-refractivity contribution < 1.29 is 5.11 Å². The van der Waals surface area contributed by atoms with Gasteiger partial charge in [0.15, 0.2) is 5.82 Å². The van der Waals surface area contributed by atoms with E-state index in [0.29, 0.717) is 6.54 Å². The molecule has 1 N–H and O–H groups in total. The second-order valence-electron chi connectivity index (χ2n) is 6.64. The molecule has 2 atom stereocenters. The van der Waals surface area contributed by atoms with Crippen LogP contribution in [-0.2, 0) is 13.1 Å². The number of aromatic nitrogens is 5. The molecular formula is C19H22N6O. The fraction of sp³-hybridized carbons (Fsp3) is 0.368. The van der Waals surface area contributed by atoms with Crippen molar-refractivity contribution in [3.05, 3.63) is 71.8 Å². The number of rotatable bonds is 6. The Morgan fingerprint density at radius 1 is 1.00 bits per heavy atom. The minimum Gasteiger partial charge on any atom is -0.395 e. The average molecular weight is 350 g/mol. The van der Waals surface area contributed by atoms with Gasteiger partial charge in [-0.3, -0.25) is 9.88 Å². The number of tetrazole rings is 1. The van der Waals surface area contributed by atoms with E-state index in [1.54, 1.807) is 6.20 Å². The Kier molecular flexibility index (Phi) is 4.99. The Bertz CT molecular complexity index is 822. The van der Waals surface area contributed by atoms with Crippen molar-refractivity contribution in [2.24, 2.45) is 0 Å². The Hall–Kier alpha value is -2.64. The van der Waals surface area contributed by atoms with E-state index in [2.05, 4.69) is 43.6 Å². The molecule has 0 aliphatic carbocycles. The summed E-state index contributed by atoms with van der Waals surface area (Å²) in [4.78, 5) is 6.50. The maximum absolute atomic E-state index is 9.82. The lowest BCUT2D eigenvalue weighted by molar-refractivity contribution is 0.117. The molecule has 0 radical (unpaired) electrons. The minimum absolute atomic E-state index is 0.0890. The van der Waals surface area contributed by atoms with E-state index in [1.165, 1.54) is 0 Å². The first-order valence-corrected chi connectivity index (χ1v) is 8.90. The van der Waals surface area contributed by atoms with E-state index >= 15 is 0 Å². The number of aliphatic hydroxyl groups is 1. The summed E-state index contributed by atoms with van der Waals surface area (Å²) in [6.45, 7) is 1.50. The first-order chi connectivity index (χ1) is 12.8. The molecule has 4 rings (SSSR count). The smallest absolute Gasteiger partial charge is 0.168 e. The molecular weight excluding hydrogens is 328 g/mol. The zero-order valence-electron chi connectivity index (χ0n) is 14.5. The third-order valence-corrected chi connectivity index (χ3v) is 4.97. The summed E-state index contributed by atoms with van der Waals surface area (Å²) in [5.41, 5.74) is 2.29. The highest BCUT2D eigenvalue weighted by Gasteiger charge is 2.37. The van der Waals surface area contributed by atoms with Crippen molar-refractivity contribution in [1.29, 1.82) is 0 Å². The van der Waals surface area contributed by atoms with E-state index in [-0.39, 0.29) is 18.7 Å². The molecule has 1 saturated heterocycles. The van der Waals surface area contributed by atoms with Crippen LogP contribution in [0.3, 0.4) is 0 Å². The summed E-state index contributed by atoms with van der Waals surface area (Å²) in [5.74, 6) is 0.855. The molecule has 7 heteroatoms. The normalized spacial score (nSPS) is 20.5. The van der Waals surface area contributed by atoms with E-state index in [4.69, 9.17) is 0 Å². The SMILES string of the molecule is OC[C@@H]1CC[C@@H](c2nnnn2Cc2ccccc2)N1Cc1cccnc1. The molecule has 0 spiro atoms. The van der Waals surface area contributed by atoms with E-state index in [9.17, 15) is 5.11 Å². The predicted molar refractivity (Wildman–Crippen MR) is 96.0 cm³/mol. The molecule has 1 aliphatic rings. The third-order valence-electron chi connectivity index (χ3n) is 4.97. The highest BCUT2D eigenvalue weighted by Crippen LogP contribution is 2.36. The molecule has 0 amide bonds. The Morgan fingerprint density at radius 2 is 1.85 bits per heavy atom. The number of likely N-dealkylation sites (tertiary alicyclic amines) is 1. The van der Waals surface area contributed by atoms with Gasteiger partial charge in [-0.05, 0) is 40.5 Å². The van der Waals surface area contributed by atoms with Crippen LogP contribution in [0, 0.1) is 0 Å². The second-order valence-corrected chi connectivity index (χ2v) is 6.64. The Balaban J connectivity index is 1.59. The number of aliphatic hydroxyl groups excluding tert-OH is 1. The van der Waals surface area contributed by atoms with Crippen LogP contribution in [-0.4, -0.2) is 47.8 Å². The molecule has 3 aromatic rings. The molecule has 26 heavy (non-hydrogen) atoms. The van der Waals surface area contributed by atoms with Gasteiger partial charge in [0.2, 0.25) is 0 Å². The number of hydrogen-bond donors (Lipinski definition) is 1. The second kappa shape index (κ2) is 7.72. The first-order valence-electron chi connectivity index (χ1n) is 8.90. The number of nitrogens with zero attached hydrogens (tertiary/aromatic N) is 6. The van der Waals surface area contributed by atoms with Gasteiger partial charge >= 0.3 is 0 Å². The largest absolute Gasteiger partial charge is 0.395 e. The van der Waals surface area contributed by atoms with Crippen molar-refractivity contribution in [3.8, 4) is 0 Å². The van der Waals surface area contributed by atoms with Gasteiger partial charge in [0.25, 0.3) is 0 Å². The van der Waals surface area contributed by atoms with Crippen LogP contribution < -0.4 is 0 Å². The van der Waals surface area contributed by atoms with Gasteiger partial charge < -0.3 is 5.11 Å². The summed E-state index contributed by atoms with van der Waals surface area (Å²) >= 11 is 0. The van der Waals surface area contributed by atoms with Crippen LogP contribution >= 0.6 is 0 Å². The van der Waals surface area contributed by atoms with E-state index in [0.717, 1.165) is 36.3 Å². The Morgan fingerprint density at radius 3 is 2.62 bits per heavy atom. The molecule has 0 saturated carbocycles. The van der Waals surface area contributed by atoms with Crippen molar-refractivity contribution in [2.75, 3.05) is 6.61 Å². The van der Waals surface area contributed by atoms with E-state index in [1.807, 2.05) is 35.1 Å². The van der Waals surface area contributed by atoms with E-state index < -0.39 is 0 Å². The van der Waals surface area contributed by atoms with Gasteiger partial charge in [-0.1, -0.05) is 36.4 Å². The maximum Gasteiger partial charge on any atom is 0.168 e.